The molecule has 3 atom stereocenters. The van der Waals surface area contributed by atoms with Crippen molar-refractivity contribution >= 4 is 17.3 Å². The Labute approximate surface area is 101 Å². The molecule has 0 amide bonds. The second-order valence-electron chi connectivity index (χ2n) is 5.14. The van der Waals surface area contributed by atoms with Crippen LogP contribution in [0.4, 0.5) is 0 Å². The average molecular weight is 247 g/mol. The van der Waals surface area contributed by atoms with Crippen LogP contribution in [-0.4, -0.2) is 38.8 Å². The van der Waals surface area contributed by atoms with Crippen molar-refractivity contribution in [3.63, 3.8) is 0 Å². The Kier molecular flexibility index (Phi) is 4.26. The molecule has 0 radical (unpaired) electrons. The SMILES string of the molecule is CCOC(=O)[C@H]1[C@H](C)CN1[S@+]([O-])C(C)(C)C. The first-order valence-corrected chi connectivity index (χ1v) is 6.75. The molecule has 0 aliphatic carbocycles. The fourth-order valence-corrected chi connectivity index (χ4v) is 3.32. The molecular formula is C11H21NO3S. The van der Waals surface area contributed by atoms with Gasteiger partial charge in [0.15, 0.2) is 6.04 Å². The van der Waals surface area contributed by atoms with Gasteiger partial charge in [-0.3, -0.25) is 4.79 Å². The van der Waals surface area contributed by atoms with Crippen LogP contribution in [0.15, 0.2) is 0 Å². The highest BCUT2D eigenvalue weighted by molar-refractivity contribution is 7.90. The third-order valence-electron chi connectivity index (χ3n) is 2.58. The standard InChI is InChI=1S/C11H21NO3S/c1-6-15-10(13)9-8(2)7-12(9)16(14)11(3,4)5/h8-9H,6-7H2,1-5H3/t8-,9-,16-/m1/s1. The first-order chi connectivity index (χ1) is 7.29. The van der Waals surface area contributed by atoms with E-state index in [0.29, 0.717) is 13.2 Å². The van der Waals surface area contributed by atoms with Crippen molar-refractivity contribution in [1.82, 2.24) is 4.31 Å². The summed E-state index contributed by atoms with van der Waals surface area (Å²) in [6.07, 6.45) is 0. The van der Waals surface area contributed by atoms with Gasteiger partial charge in [-0.2, -0.15) is 0 Å². The molecule has 94 valence electrons. The summed E-state index contributed by atoms with van der Waals surface area (Å²) in [4.78, 5) is 11.7. The molecule has 1 saturated heterocycles. The summed E-state index contributed by atoms with van der Waals surface area (Å²) in [5, 5.41) is 0. The molecule has 0 bridgehead atoms. The highest BCUT2D eigenvalue weighted by atomic mass is 32.2. The first kappa shape index (κ1) is 13.8. The van der Waals surface area contributed by atoms with Crippen molar-refractivity contribution in [1.29, 1.82) is 0 Å². The van der Waals surface area contributed by atoms with Gasteiger partial charge in [0.25, 0.3) is 0 Å². The van der Waals surface area contributed by atoms with Crippen molar-refractivity contribution in [2.75, 3.05) is 13.2 Å². The Balaban J connectivity index is 2.66. The fraction of sp³-hybridized carbons (Fsp3) is 0.909. The van der Waals surface area contributed by atoms with E-state index < -0.39 is 11.4 Å². The second kappa shape index (κ2) is 4.94. The molecule has 1 aliphatic rings. The predicted octanol–water partition coefficient (Wildman–Crippen LogP) is 1.33. The van der Waals surface area contributed by atoms with Gasteiger partial charge in [0.05, 0.1) is 13.2 Å². The lowest BCUT2D eigenvalue weighted by Gasteiger charge is -2.46. The molecular weight excluding hydrogens is 226 g/mol. The van der Waals surface area contributed by atoms with Crippen LogP contribution in [0.25, 0.3) is 0 Å². The number of carbonyl (C=O) groups excluding carboxylic acids is 1. The Morgan fingerprint density at radius 1 is 1.56 bits per heavy atom. The summed E-state index contributed by atoms with van der Waals surface area (Å²) in [5.41, 5.74) is 0. The molecule has 1 fully saturated rings. The van der Waals surface area contributed by atoms with Gasteiger partial charge in [0, 0.05) is 17.3 Å². The van der Waals surface area contributed by atoms with Gasteiger partial charge in [-0.1, -0.05) is 6.92 Å². The maximum atomic E-state index is 12.1. The number of rotatable bonds is 3. The number of nitrogens with zero attached hydrogens (tertiary/aromatic N) is 1. The zero-order chi connectivity index (χ0) is 12.5. The lowest BCUT2D eigenvalue weighted by Crippen LogP contribution is -2.64. The Bertz CT molecular complexity index is 264. The van der Waals surface area contributed by atoms with E-state index in [1.54, 1.807) is 11.2 Å². The molecule has 0 unspecified atom stereocenters. The Morgan fingerprint density at radius 3 is 2.50 bits per heavy atom. The van der Waals surface area contributed by atoms with Crippen molar-refractivity contribution in [3.8, 4) is 0 Å². The van der Waals surface area contributed by atoms with Crippen molar-refractivity contribution in [3.05, 3.63) is 0 Å². The average Bonchev–Trinajstić information content (AvgIpc) is 2.11. The fourth-order valence-electron chi connectivity index (χ4n) is 1.74. The van der Waals surface area contributed by atoms with Crippen molar-refractivity contribution in [2.45, 2.75) is 45.4 Å². The van der Waals surface area contributed by atoms with Crippen LogP contribution >= 0.6 is 0 Å². The molecule has 0 aromatic carbocycles. The Hall–Kier alpha value is -0.260. The highest BCUT2D eigenvalue weighted by Crippen LogP contribution is 2.33. The number of carbonyl (C=O) groups is 1. The predicted molar refractivity (Wildman–Crippen MR) is 64.2 cm³/mol. The summed E-state index contributed by atoms with van der Waals surface area (Å²) >= 11 is -1.14. The normalized spacial score (nSPS) is 28.4. The summed E-state index contributed by atoms with van der Waals surface area (Å²) in [7, 11) is 0. The van der Waals surface area contributed by atoms with Crippen LogP contribution in [0.2, 0.25) is 0 Å². The van der Waals surface area contributed by atoms with E-state index in [1.165, 1.54) is 0 Å². The van der Waals surface area contributed by atoms with Crippen LogP contribution in [-0.2, 0) is 20.9 Å². The topological polar surface area (TPSA) is 52.6 Å². The second-order valence-corrected chi connectivity index (χ2v) is 7.33. The van der Waals surface area contributed by atoms with Crippen molar-refractivity contribution < 1.29 is 14.1 Å². The molecule has 1 rings (SSSR count). The molecule has 0 aromatic rings. The number of hydrogen-bond donors (Lipinski definition) is 0. The summed E-state index contributed by atoms with van der Waals surface area (Å²) in [5.74, 6) is -0.0239. The van der Waals surface area contributed by atoms with E-state index in [1.807, 2.05) is 27.7 Å². The molecule has 4 nitrogen and oxygen atoms in total. The maximum Gasteiger partial charge on any atom is 0.328 e. The molecule has 0 saturated carbocycles. The molecule has 1 aliphatic heterocycles. The molecule has 1 heterocycles. The minimum atomic E-state index is -1.14. The van der Waals surface area contributed by atoms with Gasteiger partial charge < -0.3 is 9.29 Å². The van der Waals surface area contributed by atoms with Gasteiger partial charge in [-0.05, 0) is 27.7 Å². The van der Waals surface area contributed by atoms with Crippen LogP contribution in [0.5, 0.6) is 0 Å². The monoisotopic (exact) mass is 247 g/mol. The third-order valence-corrected chi connectivity index (χ3v) is 4.43. The van der Waals surface area contributed by atoms with Gasteiger partial charge in [-0.15, -0.1) is 4.31 Å². The zero-order valence-corrected chi connectivity index (χ0v) is 11.5. The van der Waals surface area contributed by atoms with E-state index in [0.717, 1.165) is 0 Å². The minimum absolute atomic E-state index is 0.227. The summed E-state index contributed by atoms with van der Waals surface area (Å²) in [6.45, 7) is 10.6. The largest absolute Gasteiger partial charge is 0.597 e. The lowest BCUT2D eigenvalue weighted by atomic mass is 9.94. The smallest absolute Gasteiger partial charge is 0.328 e. The van der Waals surface area contributed by atoms with Crippen LogP contribution < -0.4 is 0 Å². The van der Waals surface area contributed by atoms with E-state index in [4.69, 9.17) is 4.74 Å². The number of hydrogen-bond acceptors (Lipinski definition) is 4. The van der Waals surface area contributed by atoms with Gasteiger partial charge in [0.2, 0.25) is 0 Å². The molecule has 0 aromatic heterocycles. The molecule has 5 heteroatoms. The molecule has 16 heavy (non-hydrogen) atoms. The minimum Gasteiger partial charge on any atom is -0.597 e. The maximum absolute atomic E-state index is 12.1. The number of ether oxygens (including phenoxy) is 1. The van der Waals surface area contributed by atoms with Crippen molar-refractivity contribution in [2.24, 2.45) is 5.92 Å². The van der Waals surface area contributed by atoms with Gasteiger partial charge in [0.1, 0.15) is 4.75 Å². The van der Waals surface area contributed by atoms with E-state index in [9.17, 15) is 9.35 Å². The van der Waals surface area contributed by atoms with Crippen LogP contribution in [0.3, 0.4) is 0 Å². The summed E-state index contributed by atoms with van der Waals surface area (Å²) in [6, 6.07) is -0.333. The van der Waals surface area contributed by atoms with Crippen LogP contribution in [0.1, 0.15) is 34.6 Å². The number of esters is 1. The third kappa shape index (κ3) is 2.70. The lowest BCUT2D eigenvalue weighted by molar-refractivity contribution is -0.154. The first-order valence-electron chi connectivity index (χ1n) is 5.64. The Morgan fingerprint density at radius 2 is 2.12 bits per heavy atom. The van der Waals surface area contributed by atoms with Gasteiger partial charge >= 0.3 is 5.97 Å². The molecule has 0 N–H and O–H groups in total. The van der Waals surface area contributed by atoms with E-state index in [2.05, 4.69) is 0 Å². The highest BCUT2D eigenvalue weighted by Gasteiger charge is 2.52. The quantitative estimate of drug-likeness (QED) is 0.558. The van der Waals surface area contributed by atoms with Gasteiger partial charge in [-0.25, -0.2) is 0 Å². The van der Waals surface area contributed by atoms with Crippen LogP contribution in [0, 0.1) is 5.92 Å². The summed E-state index contributed by atoms with van der Waals surface area (Å²) < 4.78 is 18.5. The van der Waals surface area contributed by atoms with E-state index >= 15 is 0 Å². The van der Waals surface area contributed by atoms with E-state index in [-0.39, 0.29) is 22.7 Å². The zero-order valence-electron chi connectivity index (χ0n) is 10.6. The molecule has 0 spiro atoms.